The third-order valence-corrected chi connectivity index (χ3v) is 7.91. The third kappa shape index (κ3) is 4.50. The lowest BCUT2D eigenvalue weighted by molar-refractivity contribution is -0.140. The fraction of sp³-hybridized carbons (Fsp3) is 0.630. The summed E-state index contributed by atoms with van der Waals surface area (Å²) in [6, 6.07) is 6.49. The van der Waals surface area contributed by atoms with Gasteiger partial charge < -0.3 is 9.80 Å². The summed E-state index contributed by atoms with van der Waals surface area (Å²) in [5, 5.41) is 0. The van der Waals surface area contributed by atoms with E-state index in [2.05, 4.69) is 42.8 Å². The quantitative estimate of drug-likeness (QED) is 0.650. The molecule has 0 spiro atoms. The number of benzene rings is 1. The maximum absolute atomic E-state index is 13.9. The average Bonchev–Trinajstić information content (AvgIpc) is 3.00. The second-order valence-corrected chi connectivity index (χ2v) is 10.1. The zero-order valence-electron chi connectivity index (χ0n) is 20.3. The van der Waals surface area contributed by atoms with Crippen molar-refractivity contribution in [3.63, 3.8) is 0 Å². The van der Waals surface area contributed by atoms with Crippen LogP contribution in [-0.2, 0) is 9.59 Å². The molecule has 1 aliphatic carbocycles. The number of piperidine rings is 1. The summed E-state index contributed by atoms with van der Waals surface area (Å²) in [5.41, 5.74) is 4.47. The third-order valence-electron chi connectivity index (χ3n) is 7.91. The van der Waals surface area contributed by atoms with E-state index in [-0.39, 0.29) is 23.9 Å². The molecule has 0 N–H and O–H groups in total. The molecule has 5 heteroatoms. The fourth-order valence-corrected chi connectivity index (χ4v) is 5.61. The van der Waals surface area contributed by atoms with Gasteiger partial charge in [-0.05, 0) is 76.4 Å². The minimum absolute atomic E-state index is 0.0280. The second kappa shape index (κ2) is 9.78. The Labute approximate surface area is 193 Å². The number of nitrogens with zero attached hydrogens (tertiary/aromatic N) is 3. The van der Waals surface area contributed by atoms with Crippen LogP contribution in [-0.4, -0.2) is 65.8 Å². The molecule has 0 bridgehead atoms. The maximum atomic E-state index is 13.9. The highest BCUT2D eigenvalue weighted by Crippen LogP contribution is 2.37. The minimum Gasteiger partial charge on any atom is -0.366 e. The van der Waals surface area contributed by atoms with E-state index in [9.17, 15) is 9.59 Å². The molecule has 5 nitrogen and oxygen atoms in total. The van der Waals surface area contributed by atoms with Crippen LogP contribution < -0.4 is 0 Å². The van der Waals surface area contributed by atoms with Gasteiger partial charge >= 0.3 is 0 Å². The van der Waals surface area contributed by atoms with Gasteiger partial charge in [-0.25, -0.2) is 0 Å². The number of imide groups is 1. The highest BCUT2D eigenvalue weighted by atomic mass is 16.2. The highest BCUT2D eigenvalue weighted by molar-refractivity contribution is 6.35. The predicted octanol–water partition coefficient (Wildman–Crippen LogP) is 4.52. The Morgan fingerprint density at radius 3 is 2.09 bits per heavy atom. The summed E-state index contributed by atoms with van der Waals surface area (Å²) >= 11 is 0. The van der Waals surface area contributed by atoms with Crippen LogP contribution in [0.15, 0.2) is 23.9 Å². The molecule has 1 aromatic carbocycles. The Morgan fingerprint density at radius 1 is 0.844 bits per heavy atom. The van der Waals surface area contributed by atoms with Crippen molar-refractivity contribution in [1.82, 2.24) is 14.7 Å². The standard InChI is InChI=1S/C27H39N3O2/c1-19-12-13-21(18-20(19)2)24-25(29(4)22-14-16-28(3)17-15-22)27(32)30(26(24)31)23-10-8-6-5-7-9-11-23/h12-13,18,22-23H,5-11,14-17H2,1-4H3. The van der Waals surface area contributed by atoms with Crippen molar-refractivity contribution in [2.24, 2.45) is 0 Å². The molecule has 174 valence electrons. The van der Waals surface area contributed by atoms with E-state index >= 15 is 0 Å². The van der Waals surface area contributed by atoms with Crippen LogP contribution in [0.4, 0.5) is 0 Å². The minimum atomic E-state index is -0.0846. The number of amides is 2. The Morgan fingerprint density at radius 2 is 1.47 bits per heavy atom. The normalized spacial score (nSPS) is 22.4. The van der Waals surface area contributed by atoms with Gasteiger partial charge in [-0.15, -0.1) is 0 Å². The van der Waals surface area contributed by atoms with Crippen LogP contribution in [0.25, 0.3) is 5.57 Å². The number of likely N-dealkylation sites (N-methyl/N-ethyl adjacent to an activating group) is 1. The summed E-state index contributed by atoms with van der Waals surface area (Å²) in [7, 11) is 4.18. The van der Waals surface area contributed by atoms with E-state index in [1.54, 1.807) is 4.90 Å². The van der Waals surface area contributed by atoms with Crippen molar-refractivity contribution >= 4 is 17.4 Å². The van der Waals surface area contributed by atoms with Gasteiger partial charge in [0.2, 0.25) is 0 Å². The van der Waals surface area contributed by atoms with E-state index in [0.717, 1.165) is 62.7 Å². The fourth-order valence-electron chi connectivity index (χ4n) is 5.61. The van der Waals surface area contributed by atoms with Crippen LogP contribution in [0.1, 0.15) is 74.5 Å². The maximum Gasteiger partial charge on any atom is 0.278 e. The van der Waals surface area contributed by atoms with Crippen LogP contribution in [0.2, 0.25) is 0 Å². The van der Waals surface area contributed by atoms with E-state index in [1.807, 2.05) is 13.1 Å². The Hall–Kier alpha value is -2.14. The second-order valence-electron chi connectivity index (χ2n) is 10.1. The van der Waals surface area contributed by atoms with E-state index in [0.29, 0.717) is 11.3 Å². The smallest absolute Gasteiger partial charge is 0.278 e. The van der Waals surface area contributed by atoms with Crippen molar-refractivity contribution in [2.45, 2.75) is 83.7 Å². The monoisotopic (exact) mass is 437 g/mol. The summed E-state index contributed by atoms with van der Waals surface area (Å²) < 4.78 is 0. The first kappa shape index (κ1) is 23.0. The molecule has 0 unspecified atom stereocenters. The van der Waals surface area contributed by atoms with Gasteiger partial charge in [0.15, 0.2) is 0 Å². The highest BCUT2D eigenvalue weighted by Gasteiger charge is 2.45. The Bertz CT molecular complexity index is 890. The SMILES string of the molecule is Cc1ccc(C2=C(N(C)C3CCN(C)CC3)C(=O)N(C3CCCCCCC3)C2=O)cc1C. The topological polar surface area (TPSA) is 43.9 Å². The first-order valence-corrected chi connectivity index (χ1v) is 12.5. The summed E-state index contributed by atoms with van der Waals surface area (Å²) in [4.78, 5) is 33.9. The van der Waals surface area contributed by atoms with Crippen LogP contribution in [0.3, 0.4) is 0 Å². The lowest BCUT2D eigenvalue weighted by Crippen LogP contribution is -2.45. The summed E-state index contributed by atoms with van der Waals surface area (Å²) in [6.07, 6.45) is 9.76. The van der Waals surface area contributed by atoms with Crippen molar-refractivity contribution in [3.8, 4) is 0 Å². The molecule has 0 atom stereocenters. The molecular weight excluding hydrogens is 398 g/mol. The van der Waals surface area contributed by atoms with Gasteiger partial charge in [0.1, 0.15) is 5.70 Å². The lowest BCUT2D eigenvalue weighted by atomic mass is 9.95. The van der Waals surface area contributed by atoms with E-state index < -0.39 is 0 Å². The molecule has 2 aliphatic heterocycles. The number of aryl methyl sites for hydroxylation is 2. The molecule has 0 radical (unpaired) electrons. The van der Waals surface area contributed by atoms with Crippen molar-refractivity contribution < 1.29 is 9.59 Å². The van der Waals surface area contributed by atoms with Crippen molar-refractivity contribution in [2.75, 3.05) is 27.2 Å². The molecule has 2 heterocycles. The lowest BCUT2D eigenvalue weighted by Gasteiger charge is -2.37. The predicted molar refractivity (Wildman–Crippen MR) is 129 cm³/mol. The molecule has 0 aromatic heterocycles. The summed E-state index contributed by atoms with van der Waals surface area (Å²) in [5.74, 6) is -0.158. The molecule has 32 heavy (non-hydrogen) atoms. The largest absolute Gasteiger partial charge is 0.366 e. The van der Waals surface area contributed by atoms with Gasteiger partial charge in [-0.1, -0.05) is 50.3 Å². The van der Waals surface area contributed by atoms with Gasteiger partial charge in [-0.2, -0.15) is 0 Å². The van der Waals surface area contributed by atoms with Gasteiger partial charge in [0.25, 0.3) is 11.8 Å². The number of hydrogen-bond donors (Lipinski definition) is 0. The molecule has 1 saturated heterocycles. The first-order chi connectivity index (χ1) is 15.4. The van der Waals surface area contributed by atoms with Gasteiger partial charge in [0, 0.05) is 19.1 Å². The number of carbonyl (C=O) groups excluding carboxylic acids is 2. The molecule has 2 fully saturated rings. The van der Waals surface area contributed by atoms with Gasteiger partial charge in [-0.3, -0.25) is 14.5 Å². The van der Waals surface area contributed by atoms with E-state index in [1.165, 1.54) is 24.8 Å². The van der Waals surface area contributed by atoms with Crippen molar-refractivity contribution in [3.05, 3.63) is 40.6 Å². The van der Waals surface area contributed by atoms with Crippen molar-refractivity contribution in [1.29, 1.82) is 0 Å². The Kier molecular flexibility index (Phi) is 7.04. The summed E-state index contributed by atoms with van der Waals surface area (Å²) in [6.45, 7) is 6.21. The number of carbonyl (C=O) groups is 2. The number of rotatable bonds is 4. The van der Waals surface area contributed by atoms with Crippen LogP contribution in [0, 0.1) is 13.8 Å². The Balaban J connectivity index is 1.72. The molecule has 1 aromatic rings. The molecule has 1 saturated carbocycles. The number of likely N-dealkylation sites (tertiary alicyclic amines) is 1. The zero-order valence-corrected chi connectivity index (χ0v) is 20.3. The van der Waals surface area contributed by atoms with Crippen LogP contribution >= 0.6 is 0 Å². The van der Waals surface area contributed by atoms with Crippen LogP contribution in [0.5, 0.6) is 0 Å². The molecule has 3 aliphatic rings. The molecule has 4 rings (SSSR count). The van der Waals surface area contributed by atoms with E-state index in [4.69, 9.17) is 0 Å². The van der Waals surface area contributed by atoms with Gasteiger partial charge in [0.05, 0.1) is 5.57 Å². The zero-order chi connectivity index (χ0) is 22.8. The first-order valence-electron chi connectivity index (χ1n) is 12.5. The molecular formula is C27H39N3O2. The average molecular weight is 438 g/mol. The molecule has 2 amide bonds. The number of hydrogen-bond acceptors (Lipinski definition) is 4.